The number of carbonyl (C=O) groups is 1. The Morgan fingerprint density at radius 2 is 2.05 bits per heavy atom. The number of aryl methyl sites for hydroxylation is 1. The van der Waals surface area contributed by atoms with Gasteiger partial charge in [-0.1, -0.05) is 0 Å². The Labute approximate surface area is 128 Å². The third-order valence-electron chi connectivity index (χ3n) is 3.35. The monoisotopic (exact) mass is 304 g/mol. The van der Waals surface area contributed by atoms with Crippen LogP contribution in [0.15, 0.2) is 12.3 Å². The maximum atomic E-state index is 12.1. The SMILES string of the molecule is Cn1ccc(-c2nnc3n2CCN(C(=O)OC(C)(C)C)C3)n1. The highest BCUT2D eigenvalue weighted by molar-refractivity contribution is 5.68. The van der Waals surface area contributed by atoms with Gasteiger partial charge in [-0.15, -0.1) is 10.2 Å². The van der Waals surface area contributed by atoms with Gasteiger partial charge in [-0.25, -0.2) is 4.79 Å². The fourth-order valence-corrected chi connectivity index (χ4v) is 2.36. The van der Waals surface area contributed by atoms with Crippen LogP contribution in [0.4, 0.5) is 4.79 Å². The number of rotatable bonds is 1. The summed E-state index contributed by atoms with van der Waals surface area (Å²) in [6.07, 6.45) is 1.55. The van der Waals surface area contributed by atoms with E-state index in [2.05, 4.69) is 15.3 Å². The maximum Gasteiger partial charge on any atom is 0.410 e. The van der Waals surface area contributed by atoms with Gasteiger partial charge in [-0.3, -0.25) is 9.58 Å². The van der Waals surface area contributed by atoms with Crippen LogP contribution in [-0.2, 0) is 24.9 Å². The minimum absolute atomic E-state index is 0.318. The molecule has 22 heavy (non-hydrogen) atoms. The van der Waals surface area contributed by atoms with Crippen LogP contribution in [0.1, 0.15) is 26.6 Å². The van der Waals surface area contributed by atoms with Crippen LogP contribution in [0.3, 0.4) is 0 Å². The molecule has 0 unspecified atom stereocenters. The molecule has 8 nitrogen and oxygen atoms in total. The molecule has 0 radical (unpaired) electrons. The zero-order valence-electron chi connectivity index (χ0n) is 13.3. The summed E-state index contributed by atoms with van der Waals surface area (Å²) in [5, 5.41) is 12.7. The number of nitrogens with zero attached hydrogens (tertiary/aromatic N) is 6. The number of fused-ring (bicyclic) bond motifs is 1. The molecule has 0 aliphatic carbocycles. The van der Waals surface area contributed by atoms with Gasteiger partial charge in [0.05, 0.1) is 6.54 Å². The Hall–Kier alpha value is -2.38. The Bertz CT molecular complexity index is 696. The summed E-state index contributed by atoms with van der Waals surface area (Å²) in [6.45, 7) is 7.17. The molecule has 118 valence electrons. The smallest absolute Gasteiger partial charge is 0.410 e. The molecular weight excluding hydrogens is 284 g/mol. The Morgan fingerprint density at radius 1 is 1.27 bits per heavy atom. The highest BCUT2D eigenvalue weighted by Gasteiger charge is 2.28. The number of aromatic nitrogens is 5. The van der Waals surface area contributed by atoms with E-state index in [1.54, 1.807) is 9.58 Å². The summed E-state index contributed by atoms with van der Waals surface area (Å²) >= 11 is 0. The Balaban J connectivity index is 1.78. The van der Waals surface area contributed by atoms with E-state index in [4.69, 9.17) is 4.74 Å². The molecule has 0 saturated carbocycles. The highest BCUT2D eigenvalue weighted by atomic mass is 16.6. The molecule has 0 fully saturated rings. The van der Waals surface area contributed by atoms with Crippen molar-refractivity contribution in [2.45, 2.75) is 39.5 Å². The normalized spacial score (nSPS) is 14.8. The van der Waals surface area contributed by atoms with E-state index in [-0.39, 0.29) is 6.09 Å². The average Bonchev–Trinajstić information content (AvgIpc) is 3.01. The zero-order chi connectivity index (χ0) is 15.9. The first-order valence-corrected chi connectivity index (χ1v) is 7.23. The van der Waals surface area contributed by atoms with Crippen molar-refractivity contribution in [1.82, 2.24) is 29.4 Å². The first kappa shape index (κ1) is 14.6. The van der Waals surface area contributed by atoms with E-state index in [9.17, 15) is 4.79 Å². The van der Waals surface area contributed by atoms with Gasteiger partial charge in [0.1, 0.15) is 11.3 Å². The molecule has 2 aromatic heterocycles. The molecular formula is C14H20N6O2. The zero-order valence-corrected chi connectivity index (χ0v) is 13.3. The van der Waals surface area contributed by atoms with Gasteiger partial charge in [-0.2, -0.15) is 5.10 Å². The number of ether oxygens (including phenoxy) is 1. The van der Waals surface area contributed by atoms with E-state index in [0.29, 0.717) is 19.6 Å². The molecule has 0 spiro atoms. The van der Waals surface area contributed by atoms with Crippen molar-refractivity contribution in [3.63, 3.8) is 0 Å². The maximum absolute atomic E-state index is 12.1. The number of hydrogen-bond donors (Lipinski definition) is 0. The quantitative estimate of drug-likeness (QED) is 0.796. The summed E-state index contributed by atoms with van der Waals surface area (Å²) in [7, 11) is 1.86. The van der Waals surface area contributed by atoms with Crippen molar-refractivity contribution in [2.24, 2.45) is 7.05 Å². The lowest BCUT2D eigenvalue weighted by molar-refractivity contribution is 0.0196. The predicted octanol–water partition coefficient (Wildman–Crippen LogP) is 1.43. The summed E-state index contributed by atoms with van der Waals surface area (Å²) < 4.78 is 9.13. The molecule has 1 amide bonds. The van der Waals surface area contributed by atoms with Crippen LogP contribution in [-0.4, -0.2) is 47.7 Å². The predicted molar refractivity (Wildman–Crippen MR) is 78.9 cm³/mol. The van der Waals surface area contributed by atoms with Crippen LogP contribution in [0, 0.1) is 0 Å². The summed E-state index contributed by atoms with van der Waals surface area (Å²) in [4.78, 5) is 13.8. The first-order valence-electron chi connectivity index (χ1n) is 7.23. The van der Waals surface area contributed by atoms with Gasteiger partial charge in [0, 0.05) is 26.3 Å². The first-order chi connectivity index (χ1) is 10.3. The lowest BCUT2D eigenvalue weighted by Gasteiger charge is -2.30. The van der Waals surface area contributed by atoms with Gasteiger partial charge >= 0.3 is 6.09 Å². The van der Waals surface area contributed by atoms with E-state index >= 15 is 0 Å². The molecule has 3 rings (SSSR count). The van der Waals surface area contributed by atoms with Crippen molar-refractivity contribution < 1.29 is 9.53 Å². The van der Waals surface area contributed by atoms with Crippen molar-refractivity contribution in [3.8, 4) is 11.5 Å². The number of amides is 1. The van der Waals surface area contributed by atoms with Crippen LogP contribution < -0.4 is 0 Å². The van der Waals surface area contributed by atoms with Crippen molar-refractivity contribution in [1.29, 1.82) is 0 Å². The van der Waals surface area contributed by atoms with Crippen molar-refractivity contribution in [3.05, 3.63) is 18.1 Å². The van der Waals surface area contributed by atoms with Crippen LogP contribution in [0.2, 0.25) is 0 Å². The second-order valence-corrected chi connectivity index (χ2v) is 6.37. The minimum atomic E-state index is -0.499. The standard InChI is InChI=1S/C14H20N6O2/c1-14(2,3)22-13(21)19-7-8-20-11(9-19)15-16-12(20)10-5-6-18(4)17-10/h5-6H,7-9H2,1-4H3. The van der Waals surface area contributed by atoms with Gasteiger partial charge in [0.15, 0.2) is 11.6 Å². The number of carbonyl (C=O) groups excluding carboxylic acids is 1. The van der Waals surface area contributed by atoms with Crippen LogP contribution in [0.5, 0.6) is 0 Å². The fourth-order valence-electron chi connectivity index (χ4n) is 2.36. The van der Waals surface area contributed by atoms with E-state index in [1.165, 1.54) is 0 Å². The highest BCUT2D eigenvalue weighted by Crippen LogP contribution is 2.21. The summed E-state index contributed by atoms with van der Waals surface area (Å²) in [5.41, 5.74) is 0.286. The molecule has 0 saturated heterocycles. The molecule has 0 aromatic carbocycles. The third-order valence-corrected chi connectivity index (χ3v) is 3.35. The average molecular weight is 304 g/mol. The van der Waals surface area contributed by atoms with Gasteiger partial charge in [-0.05, 0) is 26.8 Å². The van der Waals surface area contributed by atoms with Gasteiger partial charge in [0.25, 0.3) is 0 Å². The van der Waals surface area contributed by atoms with E-state index < -0.39 is 5.60 Å². The third kappa shape index (κ3) is 2.81. The van der Waals surface area contributed by atoms with Crippen molar-refractivity contribution >= 4 is 6.09 Å². The van der Waals surface area contributed by atoms with Gasteiger partial charge in [0.2, 0.25) is 0 Å². The lowest BCUT2D eigenvalue weighted by Crippen LogP contribution is -2.41. The molecule has 0 bridgehead atoms. The van der Waals surface area contributed by atoms with Gasteiger partial charge < -0.3 is 9.30 Å². The minimum Gasteiger partial charge on any atom is -0.444 e. The second kappa shape index (κ2) is 5.11. The molecule has 3 heterocycles. The summed E-state index contributed by atoms with van der Waals surface area (Å²) in [6, 6.07) is 1.90. The Morgan fingerprint density at radius 3 is 2.68 bits per heavy atom. The largest absolute Gasteiger partial charge is 0.444 e. The van der Waals surface area contributed by atoms with E-state index in [1.807, 2.05) is 44.6 Å². The van der Waals surface area contributed by atoms with Crippen LogP contribution in [0.25, 0.3) is 11.5 Å². The summed E-state index contributed by atoms with van der Waals surface area (Å²) in [5.74, 6) is 1.48. The molecule has 0 N–H and O–H groups in total. The molecule has 0 atom stereocenters. The molecule has 8 heteroatoms. The molecule has 1 aliphatic heterocycles. The Kier molecular flexibility index (Phi) is 3.38. The van der Waals surface area contributed by atoms with Crippen LogP contribution >= 0.6 is 0 Å². The second-order valence-electron chi connectivity index (χ2n) is 6.37. The lowest BCUT2D eigenvalue weighted by atomic mass is 10.2. The fraction of sp³-hybridized carbons (Fsp3) is 0.571. The molecule has 1 aliphatic rings. The number of hydrogen-bond acceptors (Lipinski definition) is 5. The topological polar surface area (TPSA) is 78.1 Å². The molecule has 2 aromatic rings. The van der Waals surface area contributed by atoms with E-state index in [0.717, 1.165) is 17.3 Å². The van der Waals surface area contributed by atoms with Crippen molar-refractivity contribution in [2.75, 3.05) is 6.54 Å².